The zero-order valence-electron chi connectivity index (χ0n) is 9.31. The van der Waals surface area contributed by atoms with Crippen LogP contribution >= 0.6 is 11.8 Å². The molecule has 0 unspecified atom stereocenters. The fraction of sp³-hybridized carbons (Fsp3) is 0.143. The molecule has 0 radical (unpaired) electrons. The van der Waals surface area contributed by atoms with Crippen LogP contribution in [0.15, 0.2) is 53.4 Å². The number of aryl methyl sites for hydroxylation is 1. The van der Waals surface area contributed by atoms with Crippen molar-refractivity contribution in [3.05, 3.63) is 59.7 Å². The lowest BCUT2D eigenvalue weighted by Gasteiger charge is -2.03. The molecule has 0 aliphatic rings. The fourth-order valence-corrected chi connectivity index (χ4v) is 2.27. The maximum atomic E-state index is 5.64. The maximum absolute atomic E-state index is 5.64. The van der Waals surface area contributed by atoms with Gasteiger partial charge in [0.05, 0.1) is 0 Å². The molecule has 16 heavy (non-hydrogen) atoms. The van der Waals surface area contributed by atoms with Gasteiger partial charge in [-0.15, -0.1) is 11.8 Å². The van der Waals surface area contributed by atoms with Crippen molar-refractivity contribution < 1.29 is 0 Å². The number of rotatable bonds is 3. The van der Waals surface area contributed by atoms with E-state index in [9.17, 15) is 0 Å². The van der Waals surface area contributed by atoms with Gasteiger partial charge in [0.1, 0.15) is 0 Å². The normalized spacial score (nSPS) is 10.3. The Hall–Kier alpha value is -1.41. The average molecular weight is 229 g/mol. The molecule has 0 aromatic heterocycles. The average Bonchev–Trinajstić information content (AvgIpc) is 2.30. The minimum atomic E-state index is 0.819. The van der Waals surface area contributed by atoms with E-state index < -0.39 is 0 Å². The van der Waals surface area contributed by atoms with Crippen molar-refractivity contribution in [3.8, 4) is 0 Å². The number of nitrogens with two attached hydrogens (primary N) is 1. The summed E-state index contributed by atoms with van der Waals surface area (Å²) in [5, 5.41) is 0. The Bertz CT molecular complexity index is 400. The summed E-state index contributed by atoms with van der Waals surface area (Å²) in [5.41, 5.74) is 9.12. The first-order valence-corrected chi connectivity index (χ1v) is 6.26. The van der Waals surface area contributed by atoms with Crippen LogP contribution < -0.4 is 5.73 Å². The lowest BCUT2D eigenvalue weighted by atomic mass is 10.2. The van der Waals surface area contributed by atoms with Crippen LogP contribution in [0.4, 0.5) is 5.69 Å². The first-order valence-electron chi connectivity index (χ1n) is 5.28. The monoisotopic (exact) mass is 229 g/mol. The summed E-state index contributed by atoms with van der Waals surface area (Å²) in [5.74, 6) is 1.00. The summed E-state index contributed by atoms with van der Waals surface area (Å²) in [6.07, 6.45) is 0. The van der Waals surface area contributed by atoms with Gasteiger partial charge in [-0.1, -0.05) is 29.8 Å². The van der Waals surface area contributed by atoms with Crippen LogP contribution in [0.25, 0.3) is 0 Å². The Labute approximate surface area is 101 Å². The second-order valence-corrected chi connectivity index (χ2v) is 4.89. The number of hydrogen-bond acceptors (Lipinski definition) is 2. The third-order valence-corrected chi connectivity index (χ3v) is 3.49. The zero-order chi connectivity index (χ0) is 11.4. The number of benzene rings is 2. The predicted octanol–water partition coefficient (Wildman–Crippen LogP) is 3.87. The van der Waals surface area contributed by atoms with Crippen molar-refractivity contribution >= 4 is 17.4 Å². The Morgan fingerprint density at radius 1 is 0.938 bits per heavy atom. The van der Waals surface area contributed by atoms with Crippen LogP contribution in [0, 0.1) is 6.92 Å². The molecule has 2 aromatic rings. The molecule has 0 aliphatic heterocycles. The van der Waals surface area contributed by atoms with Crippen LogP contribution in [0.3, 0.4) is 0 Å². The van der Waals surface area contributed by atoms with Crippen LogP contribution in [-0.4, -0.2) is 0 Å². The van der Waals surface area contributed by atoms with Gasteiger partial charge in [-0.2, -0.15) is 0 Å². The van der Waals surface area contributed by atoms with Gasteiger partial charge < -0.3 is 5.73 Å². The van der Waals surface area contributed by atoms with Crippen LogP contribution in [0.1, 0.15) is 11.1 Å². The second kappa shape index (κ2) is 5.08. The Morgan fingerprint density at radius 3 is 2.19 bits per heavy atom. The van der Waals surface area contributed by atoms with Gasteiger partial charge in [0.2, 0.25) is 0 Å². The summed E-state index contributed by atoms with van der Waals surface area (Å²) < 4.78 is 0. The minimum absolute atomic E-state index is 0.819. The van der Waals surface area contributed by atoms with Crippen molar-refractivity contribution in [1.29, 1.82) is 0 Å². The fourth-order valence-electron chi connectivity index (χ4n) is 1.42. The van der Waals surface area contributed by atoms with E-state index in [1.807, 2.05) is 23.9 Å². The lowest BCUT2D eigenvalue weighted by Crippen LogP contribution is -1.84. The van der Waals surface area contributed by atoms with Gasteiger partial charge in [-0.3, -0.25) is 0 Å². The second-order valence-electron chi connectivity index (χ2n) is 3.84. The van der Waals surface area contributed by atoms with Crippen molar-refractivity contribution in [3.63, 3.8) is 0 Å². The molecule has 0 saturated heterocycles. The van der Waals surface area contributed by atoms with Crippen molar-refractivity contribution in [2.45, 2.75) is 17.6 Å². The Morgan fingerprint density at radius 2 is 1.56 bits per heavy atom. The van der Waals surface area contributed by atoms with Gasteiger partial charge in [-0.25, -0.2) is 0 Å². The first kappa shape index (κ1) is 11.1. The minimum Gasteiger partial charge on any atom is -0.399 e. The summed E-state index contributed by atoms with van der Waals surface area (Å²) in [6, 6.07) is 16.7. The van der Waals surface area contributed by atoms with E-state index in [1.165, 1.54) is 16.0 Å². The molecule has 0 atom stereocenters. The van der Waals surface area contributed by atoms with Crippen LogP contribution in [0.5, 0.6) is 0 Å². The standard InChI is InChI=1S/C14H15NS/c1-11-2-4-12(5-3-11)10-16-14-8-6-13(15)7-9-14/h2-9H,10,15H2,1H3. The summed E-state index contributed by atoms with van der Waals surface area (Å²) in [4.78, 5) is 1.26. The molecule has 2 heteroatoms. The summed E-state index contributed by atoms with van der Waals surface area (Å²) >= 11 is 1.83. The third-order valence-electron chi connectivity index (χ3n) is 2.41. The highest BCUT2D eigenvalue weighted by molar-refractivity contribution is 7.98. The molecule has 2 N–H and O–H groups in total. The van der Waals surface area contributed by atoms with Crippen molar-refractivity contribution in [1.82, 2.24) is 0 Å². The molecule has 2 rings (SSSR count). The molecule has 0 spiro atoms. The molecule has 0 aliphatic carbocycles. The molecule has 0 saturated carbocycles. The molecule has 0 heterocycles. The van der Waals surface area contributed by atoms with Gasteiger partial charge in [-0.05, 0) is 36.8 Å². The van der Waals surface area contributed by atoms with E-state index >= 15 is 0 Å². The Balaban J connectivity index is 1.97. The van der Waals surface area contributed by atoms with Crippen molar-refractivity contribution in [2.24, 2.45) is 0 Å². The molecule has 1 nitrogen and oxygen atoms in total. The lowest BCUT2D eigenvalue weighted by molar-refractivity contribution is 1.35. The smallest absolute Gasteiger partial charge is 0.0314 e. The van der Waals surface area contributed by atoms with E-state index in [4.69, 9.17) is 5.73 Å². The molecule has 2 aromatic carbocycles. The molecular formula is C14H15NS. The molecular weight excluding hydrogens is 214 g/mol. The number of hydrogen-bond donors (Lipinski definition) is 1. The van der Waals surface area contributed by atoms with Crippen molar-refractivity contribution in [2.75, 3.05) is 5.73 Å². The quantitative estimate of drug-likeness (QED) is 0.638. The summed E-state index contributed by atoms with van der Waals surface area (Å²) in [7, 11) is 0. The highest BCUT2D eigenvalue weighted by atomic mass is 32.2. The van der Waals surface area contributed by atoms with Gasteiger partial charge in [0.15, 0.2) is 0 Å². The summed E-state index contributed by atoms with van der Waals surface area (Å²) in [6.45, 7) is 2.11. The van der Waals surface area contributed by atoms with Gasteiger partial charge in [0, 0.05) is 16.3 Å². The largest absolute Gasteiger partial charge is 0.399 e. The molecule has 0 amide bonds. The van der Waals surface area contributed by atoms with Crippen LogP contribution in [-0.2, 0) is 5.75 Å². The SMILES string of the molecule is Cc1ccc(CSc2ccc(N)cc2)cc1. The number of nitrogen functional groups attached to an aromatic ring is 1. The van der Waals surface area contributed by atoms with E-state index in [0.29, 0.717) is 0 Å². The molecule has 82 valence electrons. The van der Waals surface area contributed by atoms with Gasteiger partial charge >= 0.3 is 0 Å². The van der Waals surface area contributed by atoms with E-state index in [2.05, 4.69) is 43.3 Å². The highest BCUT2D eigenvalue weighted by Gasteiger charge is 1.96. The highest BCUT2D eigenvalue weighted by Crippen LogP contribution is 2.23. The Kier molecular flexibility index (Phi) is 3.52. The maximum Gasteiger partial charge on any atom is 0.0314 e. The molecule has 0 fully saturated rings. The van der Waals surface area contributed by atoms with Gasteiger partial charge in [0.25, 0.3) is 0 Å². The molecule has 0 bridgehead atoms. The zero-order valence-corrected chi connectivity index (χ0v) is 10.1. The van der Waals surface area contributed by atoms with E-state index in [0.717, 1.165) is 11.4 Å². The number of anilines is 1. The first-order chi connectivity index (χ1) is 7.74. The van der Waals surface area contributed by atoms with E-state index in [-0.39, 0.29) is 0 Å². The van der Waals surface area contributed by atoms with Crippen LogP contribution in [0.2, 0.25) is 0 Å². The van der Waals surface area contributed by atoms with E-state index in [1.54, 1.807) is 0 Å². The third kappa shape index (κ3) is 3.04. The predicted molar refractivity (Wildman–Crippen MR) is 71.6 cm³/mol. The number of thioether (sulfide) groups is 1. The topological polar surface area (TPSA) is 26.0 Å².